The highest BCUT2D eigenvalue weighted by atomic mass is 127. The van der Waals surface area contributed by atoms with E-state index in [4.69, 9.17) is 10.5 Å². The zero-order valence-corrected chi connectivity index (χ0v) is 17.1. The Kier molecular flexibility index (Phi) is 9.76. The average Bonchev–Trinajstić information content (AvgIpc) is 2.62. The summed E-state index contributed by atoms with van der Waals surface area (Å²) < 4.78 is 5.18. The lowest BCUT2D eigenvalue weighted by Crippen LogP contribution is -2.23. The monoisotopic (exact) mass is 454 g/mol. The Balaban J connectivity index is 0.00000312. The maximum Gasteiger partial charge on any atom is 0.193 e. The third kappa shape index (κ3) is 7.64. The Morgan fingerprint density at radius 3 is 2.60 bits per heavy atom. The second-order valence-corrected chi connectivity index (χ2v) is 5.59. The first kappa shape index (κ1) is 21.1. The van der Waals surface area contributed by atoms with Gasteiger partial charge in [0.05, 0.1) is 7.11 Å². The van der Waals surface area contributed by atoms with E-state index >= 15 is 0 Å². The summed E-state index contributed by atoms with van der Waals surface area (Å²) in [6.45, 7) is 1.72. The second kappa shape index (κ2) is 11.6. The van der Waals surface area contributed by atoms with Crippen LogP contribution in [0.3, 0.4) is 0 Å². The van der Waals surface area contributed by atoms with Gasteiger partial charge in [-0.3, -0.25) is 4.99 Å². The molecule has 0 atom stereocenters. The molecule has 0 radical (unpaired) electrons. The van der Waals surface area contributed by atoms with Crippen molar-refractivity contribution in [3.05, 3.63) is 54.6 Å². The third-order valence-corrected chi connectivity index (χ3v) is 3.72. The van der Waals surface area contributed by atoms with E-state index in [1.807, 2.05) is 30.3 Å². The van der Waals surface area contributed by atoms with E-state index in [0.29, 0.717) is 12.5 Å². The Hall–Kier alpha value is -1.96. The molecule has 0 saturated carbocycles. The van der Waals surface area contributed by atoms with Gasteiger partial charge in [0, 0.05) is 37.6 Å². The molecular weight excluding hydrogens is 427 g/mol. The van der Waals surface area contributed by atoms with Crippen molar-refractivity contribution >= 4 is 41.3 Å². The van der Waals surface area contributed by atoms with Gasteiger partial charge in [-0.15, -0.1) is 24.0 Å². The van der Waals surface area contributed by atoms with Crippen LogP contribution in [0.25, 0.3) is 0 Å². The zero-order chi connectivity index (χ0) is 17.2. The maximum atomic E-state index is 5.92. The highest BCUT2D eigenvalue weighted by molar-refractivity contribution is 14.0. The SMILES string of the molecule is COc1cccc(NC(N)=NCCCCN(C)c2ccccc2)c1.I. The number of halogens is 1. The number of hydrogen-bond donors (Lipinski definition) is 2. The highest BCUT2D eigenvalue weighted by Crippen LogP contribution is 2.16. The number of unbranched alkanes of at least 4 members (excludes halogenated alkanes) is 1. The summed E-state index contributed by atoms with van der Waals surface area (Å²) >= 11 is 0. The van der Waals surface area contributed by atoms with Gasteiger partial charge in [0.1, 0.15) is 5.75 Å². The van der Waals surface area contributed by atoms with Crippen molar-refractivity contribution in [3.63, 3.8) is 0 Å². The van der Waals surface area contributed by atoms with Crippen molar-refractivity contribution in [2.75, 3.05) is 37.5 Å². The first-order valence-electron chi connectivity index (χ1n) is 8.16. The number of hydrogen-bond acceptors (Lipinski definition) is 3. The van der Waals surface area contributed by atoms with E-state index in [-0.39, 0.29) is 24.0 Å². The molecule has 0 bridgehead atoms. The minimum absolute atomic E-state index is 0. The number of nitrogens with one attached hydrogen (secondary N) is 1. The number of nitrogens with two attached hydrogens (primary N) is 1. The largest absolute Gasteiger partial charge is 0.497 e. The topological polar surface area (TPSA) is 62.9 Å². The Morgan fingerprint density at radius 2 is 1.88 bits per heavy atom. The molecule has 0 aliphatic rings. The smallest absolute Gasteiger partial charge is 0.193 e. The molecule has 0 aliphatic carbocycles. The number of benzene rings is 2. The van der Waals surface area contributed by atoms with Gasteiger partial charge in [-0.2, -0.15) is 0 Å². The quantitative estimate of drug-likeness (QED) is 0.275. The number of guanidine groups is 1. The van der Waals surface area contributed by atoms with Crippen LogP contribution < -0.4 is 20.7 Å². The van der Waals surface area contributed by atoms with Crippen LogP contribution in [0, 0.1) is 0 Å². The van der Waals surface area contributed by atoms with Crippen LogP contribution >= 0.6 is 24.0 Å². The Labute approximate surface area is 167 Å². The van der Waals surface area contributed by atoms with Crippen LogP contribution in [0.2, 0.25) is 0 Å². The third-order valence-electron chi connectivity index (χ3n) is 3.72. The van der Waals surface area contributed by atoms with E-state index in [1.165, 1.54) is 5.69 Å². The molecule has 2 aromatic carbocycles. The van der Waals surface area contributed by atoms with Crippen molar-refractivity contribution in [2.45, 2.75) is 12.8 Å². The van der Waals surface area contributed by atoms with E-state index in [1.54, 1.807) is 7.11 Å². The summed E-state index contributed by atoms with van der Waals surface area (Å²) in [7, 11) is 3.75. The van der Waals surface area contributed by atoms with E-state index in [2.05, 4.69) is 46.5 Å². The fourth-order valence-electron chi connectivity index (χ4n) is 2.36. The second-order valence-electron chi connectivity index (χ2n) is 5.59. The molecule has 2 aromatic rings. The lowest BCUT2D eigenvalue weighted by molar-refractivity contribution is 0.415. The first-order valence-corrected chi connectivity index (χ1v) is 8.16. The molecule has 0 spiro atoms. The maximum absolute atomic E-state index is 5.92. The summed E-state index contributed by atoms with van der Waals surface area (Å²) in [4.78, 5) is 6.62. The van der Waals surface area contributed by atoms with E-state index in [0.717, 1.165) is 30.8 Å². The van der Waals surface area contributed by atoms with Gasteiger partial charge in [-0.25, -0.2) is 0 Å². The van der Waals surface area contributed by atoms with Crippen LogP contribution in [0.15, 0.2) is 59.6 Å². The average molecular weight is 454 g/mol. The number of ether oxygens (including phenoxy) is 1. The molecule has 2 rings (SSSR count). The van der Waals surface area contributed by atoms with Crippen molar-refractivity contribution in [3.8, 4) is 5.75 Å². The summed E-state index contributed by atoms with van der Waals surface area (Å²) in [6.07, 6.45) is 2.07. The molecule has 0 amide bonds. The summed E-state index contributed by atoms with van der Waals surface area (Å²) in [5.41, 5.74) is 8.03. The van der Waals surface area contributed by atoms with E-state index < -0.39 is 0 Å². The molecule has 0 unspecified atom stereocenters. The van der Waals surface area contributed by atoms with Crippen LogP contribution in [0.1, 0.15) is 12.8 Å². The predicted molar refractivity (Wildman–Crippen MR) is 117 cm³/mol. The molecule has 0 heterocycles. The lowest BCUT2D eigenvalue weighted by atomic mass is 10.2. The van der Waals surface area contributed by atoms with Gasteiger partial charge in [-0.05, 0) is 37.1 Å². The molecule has 0 saturated heterocycles. The van der Waals surface area contributed by atoms with Gasteiger partial charge in [0.2, 0.25) is 0 Å². The predicted octanol–water partition coefficient (Wildman–Crippen LogP) is 3.96. The number of aliphatic imine (C=N–C) groups is 1. The molecular formula is C19H27IN4O. The molecule has 0 fully saturated rings. The van der Waals surface area contributed by atoms with Gasteiger partial charge in [-0.1, -0.05) is 24.3 Å². The van der Waals surface area contributed by atoms with Gasteiger partial charge in [0.25, 0.3) is 0 Å². The van der Waals surface area contributed by atoms with Crippen LogP contribution in [-0.2, 0) is 0 Å². The van der Waals surface area contributed by atoms with Crippen LogP contribution in [-0.4, -0.2) is 33.2 Å². The molecule has 3 N–H and O–H groups in total. The van der Waals surface area contributed by atoms with Crippen LogP contribution in [0.4, 0.5) is 11.4 Å². The highest BCUT2D eigenvalue weighted by Gasteiger charge is 2.00. The van der Waals surface area contributed by atoms with Crippen molar-refractivity contribution in [2.24, 2.45) is 10.7 Å². The molecule has 6 heteroatoms. The number of para-hydroxylation sites is 1. The van der Waals surface area contributed by atoms with Crippen molar-refractivity contribution in [1.29, 1.82) is 0 Å². The first-order chi connectivity index (χ1) is 11.7. The lowest BCUT2D eigenvalue weighted by Gasteiger charge is -2.18. The molecule has 0 aliphatic heterocycles. The zero-order valence-electron chi connectivity index (χ0n) is 14.8. The van der Waals surface area contributed by atoms with Gasteiger partial charge >= 0.3 is 0 Å². The molecule has 136 valence electrons. The Morgan fingerprint density at radius 1 is 1.12 bits per heavy atom. The molecule has 5 nitrogen and oxygen atoms in total. The van der Waals surface area contributed by atoms with Gasteiger partial charge in [0.15, 0.2) is 5.96 Å². The fourth-order valence-corrected chi connectivity index (χ4v) is 2.36. The van der Waals surface area contributed by atoms with E-state index in [9.17, 15) is 0 Å². The summed E-state index contributed by atoms with van der Waals surface area (Å²) in [6, 6.07) is 18.0. The van der Waals surface area contributed by atoms with Crippen molar-refractivity contribution < 1.29 is 4.74 Å². The standard InChI is InChI=1S/C19H26N4O.HI/c1-23(17-10-4-3-5-11-17)14-7-6-13-21-19(20)22-16-9-8-12-18(15-16)24-2;/h3-5,8-12,15H,6-7,13-14H2,1-2H3,(H3,20,21,22);1H. The molecule has 25 heavy (non-hydrogen) atoms. The normalized spacial score (nSPS) is 10.7. The number of nitrogens with zero attached hydrogens (tertiary/aromatic N) is 2. The van der Waals surface area contributed by atoms with Crippen molar-refractivity contribution in [1.82, 2.24) is 0 Å². The summed E-state index contributed by atoms with van der Waals surface area (Å²) in [5, 5.41) is 3.08. The minimum atomic E-state index is 0. The number of methoxy groups -OCH3 is 1. The fraction of sp³-hybridized carbons (Fsp3) is 0.316. The van der Waals surface area contributed by atoms with Crippen LogP contribution in [0.5, 0.6) is 5.75 Å². The van der Waals surface area contributed by atoms with Gasteiger partial charge < -0.3 is 20.7 Å². The Bertz CT molecular complexity index is 649. The number of anilines is 2. The summed E-state index contributed by atoms with van der Waals surface area (Å²) in [5.74, 6) is 1.22. The number of rotatable bonds is 8. The minimum Gasteiger partial charge on any atom is -0.497 e. The molecule has 0 aromatic heterocycles.